The predicted molar refractivity (Wildman–Crippen MR) is 143 cm³/mol. The number of nitrogens with one attached hydrogen (secondary N) is 1. The van der Waals surface area contributed by atoms with Crippen LogP contribution in [0.1, 0.15) is 40.9 Å². The van der Waals surface area contributed by atoms with Gasteiger partial charge in [0.1, 0.15) is 11.3 Å². The van der Waals surface area contributed by atoms with Crippen molar-refractivity contribution in [3.05, 3.63) is 83.7 Å². The second-order valence-corrected chi connectivity index (χ2v) is 9.53. The molecule has 1 amide bonds. The lowest BCUT2D eigenvalue weighted by Gasteiger charge is -2.17. The van der Waals surface area contributed by atoms with Crippen LogP contribution in [0, 0.1) is 6.92 Å². The summed E-state index contributed by atoms with van der Waals surface area (Å²) >= 11 is 0. The van der Waals surface area contributed by atoms with E-state index in [0.29, 0.717) is 24.4 Å². The Kier molecular flexibility index (Phi) is 5.84. The zero-order valence-electron chi connectivity index (χ0n) is 20.9. The van der Waals surface area contributed by atoms with E-state index in [1.54, 1.807) is 10.6 Å². The number of carbonyl (C=O) groups is 1. The Labute approximate surface area is 214 Å². The number of aryl methyl sites for hydroxylation is 2. The number of benzene rings is 1. The molecule has 0 spiro atoms. The van der Waals surface area contributed by atoms with Gasteiger partial charge < -0.3 is 15.3 Å². The molecule has 1 aliphatic rings. The van der Waals surface area contributed by atoms with Gasteiger partial charge in [0, 0.05) is 42.1 Å². The quantitative estimate of drug-likeness (QED) is 0.371. The summed E-state index contributed by atoms with van der Waals surface area (Å²) in [6, 6.07) is 15.8. The van der Waals surface area contributed by atoms with E-state index in [0.717, 1.165) is 58.7 Å². The highest BCUT2D eigenvalue weighted by Crippen LogP contribution is 2.29. The van der Waals surface area contributed by atoms with Crippen LogP contribution in [0.3, 0.4) is 0 Å². The molecule has 0 bridgehead atoms. The Morgan fingerprint density at radius 1 is 1.19 bits per heavy atom. The predicted octanol–water partition coefficient (Wildman–Crippen LogP) is 3.82. The molecular formula is C28H29N7O2. The molecule has 1 aromatic carbocycles. The van der Waals surface area contributed by atoms with Gasteiger partial charge in [0.15, 0.2) is 0 Å². The smallest absolute Gasteiger partial charge is 0.274 e. The van der Waals surface area contributed by atoms with Gasteiger partial charge in [-0.25, -0.2) is 4.98 Å². The van der Waals surface area contributed by atoms with Crippen molar-refractivity contribution in [2.75, 3.05) is 23.3 Å². The van der Waals surface area contributed by atoms with Crippen LogP contribution in [0.25, 0.3) is 16.6 Å². The second-order valence-electron chi connectivity index (χ2n) is 9.53. The van der Waals surface area contributed by atoms with E-state index in [-0.39, 0.29) is 12.0 Å². The first-order chi connectivity index (χ1) is 18.0. The minimum atomic E-state index is -0.301. The highest BCUT2D eigenvalue weighted by molar-refractivity contribution is 6.08. The normalized spacial score (nSPS) is 15.6. The number of pyridine rings is 2. The summed E-state index contributed by atoms with van der Waals surface area (Å²) in [4.78, 5) is 24.6. The van der Waals surface area contributed by atoms with Crippen LogP contribution in [-0.2, 0) is 13.0 Å². The maximum atomic E-state index is 13.4. The van der Waals surface area contributed by atoms with Crippen LogP contribution in [-0.4, -0.2) is 54.4 Å². The molecule has 4 aromatic heterocycles. The number of imidazole rings is 1. The van der Waals surface area contributed by atoms with Crippen molar-refractivity contribution in [3.8, 4) is 0 Å². The first-order valence-electron chi connectivity index (χ1n) is 12.6. The number of hydrogen-bond donors (Lipinski definition) is 2. The minimum Gasteiger partial charge on any atom is -0.391 e. The van der Waals surface area contributed by atoms with Gasteiger partial charge in [0.05, 0.1) is 41.4 Å². The van der Waals surface area contributed by atoms with Crippen LogP contribution in [0.5, 0.6) is 0 Å². The number of hydrogen-bond acceptors (Lipinski definition) is 6. The SMILES string of the molecule is CCc1nn(Cc2cccc(C)n2)c2cccc(NC(=O)c3cnc4cc(N5CC[C@@H](O)C5)ccn34)c12. The highest BCUT2D eigenvalue weighted by atomic mass is 16.3. The number of aliphatic hydroxyl groups excluding tert-OH is 1. The van der Waals surface area contributed by atoms with Gasteiger partial charge in [-0.3, -0.25) is 18.9 Å². The molecule has 5 aromatic rings. The summed E-state index contributed by atoms with van der Waals surface area (Å²) in [5.74, 6) is -0.237. The number of anilines is 2. The molecule has 37 heavy (non-hydrogen) atoms. The lowest BCUT2D eigenvalue weighted by atomic mass is 10.1. The number of aromatic nitrogens is 5. The second kappa shape index (κ2) is 9.33. The lowest BCUT2D eigenvalue weighted by molar-refractivity contribution is 0.102. The van der Waals surface area contributed by atoms with Crippen LogP contribution in [0.4, 0.5) is 11.4 Å². The third-order valence-corrected chi connectivity index (χ3v) is 6.95. The first-order valence-corrected chi connectivity index (χ1v) is 12.6. The number of amides is 1. The molecule has 1 saturated heterocycles. The lowest BCUT2D eigenvalue weighted by Crippen LogP contribution is -2.21. The van der Waals surface area contributed by atoms with E-state index in [2.05, 4.69) is 27.1 Å². The molecule has 1 aliphatic heterocycles. The van der Waals surface area contributed by atoms with E-state index in [4.69, 9.17) is 5.10 Å². The summed E-state index contributed by atoms with van der Waals surface area (Å²) < 4.78 is 3.75. The van der Waals surface area contributed by atoms with Crippen molar-refractivity contribution < 1.29 is 9.90 Å². The molecule has 0 unspecified atom stereocenters. The third-order valence-electron chi connectivity index (χ3n) is 6.95. The Morgan fingerprint density at radius 3 is 2.84 bits per heavy atom. The average Bonchev–Trinajstić information content (AvgIpc) is 3.61. The van der Waals surface area contributed by atoms with Crippen LogP contribution < -0.4 is 10.2 Å². The molecule has 6 rings (SSSR count). The monoisotopic (exact) mass is 495 g/mol. The van der Waals surface area contributed by atoms with Gasteiger partial charge in [0.2, 0.25) is 0 Å². The van der Waals surface area contributed by atoms with Crippen molar-refractivity contribution in [3.63, 3.8) is 0 Å². The van der Waals surface area contributed by atoms with Gasteiger partial charge in [-0.2, -0.15) is 5.10 Å². The third kappa shape index (κ3) is 4.31. The van der Waals surface area contributed by atoms with Crippen molar-refractivity contribution >= 4 is 33.8 Å². The van der Waals surface area contributed by atoms with Crippen molar-refractivity contribution in [1.82, 2.24) is 24.1 Å². The van der Waals surface area contributed by atoms with Crippen molar-refractivity contribution in [1.29, 1.82) is 0 Å². The van der Waals surface area contributed by atoms with Crippen LogP contribution in [0.15, 0.2) is 60.9 Å². The Morgan fingerprint density at radius 2 is 2.05 bits per heavy atom. The average molecular weight is 496 g/mol. The number of carbonyl (C=O) groups excluding carboxylic acids is 1. The van der Waals surface area contributed by atoms with Gasteiger partial charge in [-0.05, 0) is 50.1 Å². The number of rotatable bonds is 6. The molecule has 1 atom stereocenters. The van der Waals surface area contributed by atoms with Gasteiger partial charge in [0.25, 0.3) is 5.91 Å². The zero-order valence-corrected chi connectivity index (χ0v) is 20.9. The Balaban J connectivity index is 1.30. The van der Waals surface area contributed by atoms with Crippen LogP contribution >= 0.6 is 0 Å². The van der Waals surface area contributed by atoms with Crippen molar-refractivity contribution in [2.24, 2.45) is 0 Å². The summed E-state index contributed by atoms with van der Waals surface area (Å²) in [6.45, 7) is 6.02. The summed E-state index contributed by atoms with van der Waals surface area (Å²) in [7, 11) is 0. The molecule has 1 fully saturated rings. The van der Waals surface area contributed by atoms with E-state index in [1.807, 2.05) is 66.3 Å². The molecule has 2 N–H and O–H groups in total. The van der Waals surface area contributed by atoms with E-state index in [1.165, 1.54) is 0 Å². The fourth-order valence-corrected chi connectivity index (χ4v) is 5.12. The molecule has 5 heterocycles. The fraction of sp³-hybridized carbons (Fsp3) is 0.286. The van der Waals surface area contributed by atoms with Crippen LogP contribution in [0.2, 0.25) is 0 Å². The molecular weight excluding hydrogens is 466 g/mol. The van der Waals surface area contributed by atoms with Gasteiger partial charge >= 0.3 is 0 Å². The first kappa shape index (κ1) is 23.2. The zero-order chi connectivity index (χ0) is 25.5. The van der Waals surface area contributed by atoms with E-state index < -0.39 is 0 Å². The molecule has 0 radical (unpaired) electrons. The Hall–Kier alpha value is -4.24. The highest BCUT2D eigenvalue weighted by Gasteiger charge is 2.22. The maximum absolute atomic E-state index is 13.4. The van der Waals surface area contributed by atoms with Gasteiger partial charge in [-0.15, -0.1) is 0 Å². The summed E-state index contributed by atoms with van der Waals surface area (Å²) in [5, 5.41) is 18.8. The number of nitrogens with zero attached hydrogens (tertiary/aromatic N) is 6. The fourth-order valence-electron chi connectivity index (χ4n) is 5.12. The van der Waals surface area contributed by atoms with Gasteiger partial charge in [-0.1, -0.05) is 19.1 Å². The standard InChI is InChI=1S/C28H29N7O2/c1-3-22-27-23(8-5-9-24(27)35(32-22)16-19-7-4-6-18(2)30-19)31-28(37)25-15-29-26-14-20(10-13-34(25)26)33-12-11-21(36)17-33/h4-10,13-15,21,36H,3,11-12,16-17H2,1-2H3,(H,31,37)/t21-/m1/s1. The number of fused-ring (bicyclic) bond motifs is 2. The number of β-amino-alcohol motifs (C(OH)–C–C–N with tert-alkyl or cyclic N) is 1. The minimum absolute atomic E-state index is 0.237. The Bertz CT molecular complexity index is 1620. The molecule has 9 heteroatoms. The maximum Gasteiger partial charge on any atom is 0.274 e. The molecule has 188 valence electrons. The topological polar surface area (TPSA) is 101 Å². The largest absolute Gasteiger partial charge is 0.391 e. The molecule has 0 aliphatic carbocycles. The molecule has 9 nitrogen and oxygen atoms in total. The summed E-state index contributed by atoms with van der Waals surface area (Å²) in [6.07, 6.45) is 4.66. The van der Waals surface area contributed by atoms with Crippen molar-refractivity contribution in [2.45, 2.75) is 39.3 Å². The summed E-state index contributed by atoms with van der Waals surface area (Å²) in [5.41, 5.74) is 6.65. The van der Waals surface area contributed by atoms with E-state index in [9.17, 15) is 9.90 Å². The molecule has 0 saturated carbocycles. The van der Waals surface area contributed by atoms with E-state index >= 15 is 0 Å². The number of aliphatic hydroxyl groups is 1.